The Morgan fingerprint density at radius 3 is 2.73 bits per heavy atom. The van der Waals surface area contributed by atoms with Crippen molar-refractivity contribution in [3.8, 4) is 0 Å². The fourth-order valence-electron chi connectivity index (χ4n) is 1.53. The summed E-state index contributed by atoms with van der Waals surface area (Å²) < 4.78 is 6.37. The van der Waals surface area contributed by atoms with Gasteiger partial charge in [0.25, 0.3) is 5.56 Å². The summed E-state index contributed by atoms with van der Waals surface area (Å²) in [6.45, 7) is 3.14. The minimum absolute atomic E-state index is 0.273. The molecule has 6 heteroatoms. The summed E-state index contributed by atoms with van der Waals surface area (Å²) in [7, 11) is 0. The number of morpholine rings is 1. The SMILES string of the molecule is O=c1cc[nH]c(=O)n1CN1CCOCC1. The topological polar surface area (TPSA) is 67.3 Å². The molecule has 1 fully saturated rings. The Labute approximate surface area is 86.1 Å². The molecule has 1 saturated heterocycles. The largest absolute Gasteiger partial charge is 0.379 e. The zero-order valence-corrected chi connectivity index (χ0v) is 8.31. The van der Waals surface area contributed by atoms with Crippen LogP contribution in [0.1, 0.15) is 0 Å². The van der Waals surface area contributed by atoms with E-state index in [2.05, 4.69) is 4.98 Å². The van der Waals surface area contributed by atoms with Crippen molar-refractivity contribution in [1.29, 1.82) is 0 Å². The highest BCUT2D eigenvalue weighted by Crippen LogP contribution is 1.96. The summed E-state index contributed by atoms with van der Waals surface area (Å²) in [5, 5.41) is 0. The summed E-state index contributed by atoms with van der Waals surface area (Å²) >= 11 is 0. The van der Waals surface area contributed by atoms with E-state index in [0.29, 0.717) is 19.9 Å². The van der Waals surface area contributed by atoms with Gasteiger partial charge < -0.3 is 9.72 Å². The zero-order valence-electron chi connectivity index (χ0n) is 8.31. The molecule has 0 aromatic carbocycles. The number of aromatic nitrogens is 2. The molecule has 0 atom stereocenters. The summed E-state index contributed by atoms with van der Waals surface area (Å²) in [6, 6.07) is 1.35. The summed E-state index contributed by atoms with van der Waals surface area (Å²) in [4.78, 5) is 27.3. The molecule has 1 aromatic heterocycles. The van der Waals surface area contributed by atoms with Gasteiger partial charge in [0.05, 0.1) is 19.9 Å². The van der Waals surface area contributed by atoms with Crippen molar-refractivity contribution in [3.63, 3.8) is 0 Å². The van der Waals surface area contributed by atoms with Crippen LogP contribution < -0.4 is 11.2 Å². The number of ether oxygens (including phenoxy) is 1. The van der Waals surface area contributed by atoms with Gasteiger partial charge in [-0.05, 0) is 0 Å². The van der Waals surface area contributed by atoms with Crippen LogP contribution in [0.3, 0.4) is 0 Å². The van der Waals surface area contributed by atoms with E-state index >= 15 is 0 Å². The lowest BCUT2D eigenvalue weighted by Gasteiger charge is -2.26. The fraction of sp³-hybridized carbons (Fsp3) is 0.556. The molecule has 2 rings (SSSR count). The Morgan fingerprint density at radius 1 is 1.33 bits per heavy atom. The number of aromatic amines is 1. The first-order chi connectivity index (χ1) is 7.27. The van der Waals surface area contributed by atoms with Crippen LogP contribution in [-0.2, 0) is 11.4 Å². The molecule has 0 radical (unpaired) electrons. The first-order valence-corrected chi connectivity index (χ1v) is 4.86. The Bertz CT molecular complexity index is 402. The van der Waals surface area contributed by atoms with E-state index in [1.54, 1.807) is 0 Å². The third-order valence-corrected chi connectivity index (χ3v) is 2.39. The van der Waals surface area contributed by atoms with Crippen LogP contribution >= 0.6 is 0 Å². The van der Waals surface area contributed by atoms with Crippen LogP contribution in [-0.4, -0.2) is 40.8 Å². The highest BCUT2D eigenvalue weighted by molar-refractivity contribution is 4.82. The van der Waals surface area contributed by atoms with Gasteiger partial charge >= 0.3 is 5.69 Å². The predicted octanol–water partition coefficient (Wildman–Crippen LogP) is -1.17. The molecular weight excluding hydrogens is 198 g/mol. The maximum absolute atomic E-state index is 11.4. The van der Waals surface area contributed by atoms with E-state index in [4.69, 9.17) is 4.74 Å². The minimum Gasteiger partial charge on any atom is -0.379 e. The maximum Gasteiger partial charge on any atom is 0.329 e. The average molecular weight is 211 g/mol. The minimum atomic E-state index is -0.367. The standard InChI is InChI=1S/C9H13N3O3/c13-8-1-2-10-9(14)12(8)7-11-3-5-15-6-4-11/h1-2H,3-7H2,(H,10,14). The molecule has 0 unspecified atom stereocenters. The Hall–Kier alpha value is -1.40. The van der Waals surface area contributed by atoms with Crippen molar-refractivity contribution in [2.24, 2.45) is 0 Å². The van der Waals surface area contributed by atoms with Crippen molar-refractivity contribution >= 4 is 0 Å². The number of nitrogens with one attached hydrogen (secondary N) is 1. The molecule has 0 saturated carbocycles. The molecule has 82 valence electrons. The van der Waals surface area contributed by atoms with E-state index < -0.39 is 0 Å². The number of H-pyrrole nitrogens is 1. The average Bonchev–Trinajstić information content (AvgIpc) is 2.25. The van der Waals surface area contributed by atoms with E-state index in [-0.39, 0.29) is 11.2 Å². The third-order valence-electron chi connectivity index (χ3n) is 2.39. The first-order valence-electron chi connectivity index (χ1n) is 4.86. The maximum atomic E-state index is 11.4. The summed E-state index contributed by atoms with van der Waals surface area (Å²) in [5.74, 6) is 0. The quantitative estimate of drug-likeness (QED) is 0.669. The van der Waals surface area contributed by atoms with Gasteiger partial charge in [0.1, 0.15) is 0 Å². The lowest BCUT2D eigenvalue weighted by atomic mass is 10.4. The van der Waals surface area contributed by atoms with E-state index in [1.807, 2.05) is 4.90 Å². The molecule has 0 aliphatic carbocycles. The van der Waals surface area contributed by atoms with Gasteiger partial charge in [0.2, 0.25) is 0 Å². The molecule has 0 amide bonds. The second kappa shape index (κ2) is 4.41. The van der Waals surface area contributed by atoms with Crippen molar-refractivity contribution in [3.05, 3.63) is 33.1 Å². The van der Waals surface area contributed by atoms with Crippen molar-refractivity contribution in [2.45, 2.75) is 6.67 Å². The van der Waals surface area contributed by atoms with Crippen LogP contribution in [0.2, 0.25) is 0 Å². The van der Waals surface area contributed by atoms with E-state index in [1.165, 1.54) is 16.8 Å². The van der Waals surface area contributed by atoms with Gasteiger partial charge in [0, 0.05) is 25.4 Å². The van der Waals surface area contributed by atoms with Crippen LogP contribution in [0.5, 0.6) is 0 Å². The van der Waals surface area contributed by atoms with Crippen LogP contribution in [0.4, 0.5) is 0 Å². The Balaban J connectivity index is 2.16. The second-order valence-corrected chi connectivity index (χ2v) is 3.42. The van der Waals surface area contributed by atoms with E-state index in [9.17, 15) is 9.59 Å². The van der Waals surface area contributed by atoms with Gasteiger partial charge in [-0.15, -0.1) is 0 Å². The van der Waals surface area contributed by atoms with Crippen molar-refractivity contribution in [1.82, 2.24) is 14.5 Å². The number of rotatable bonds is 2. The Morgan fingerprint density at radius 2 is 2.07 bits per heavy atom. The summed E-state index contributed by atoms with van der Waals surface area (Å²) in [6.07, 6.45) is 1.36. The molecule has 1 aliphatic rings. The van der Waals surface area contributed by atoms with Gasteiger partial charge in [-0.2, -0.15) is 0 Å². The lowest BCUT2D eigenvalue weighted by molar-refractivity contribution is 0.0221. The van der Waals surface area contributed by atoms with Crippen LogP contribution in [0.15, 0.2) is 21.9 Å². The summed E-state index contributed by atoms with van der Waals surface area (Å²) in [5.41, 5.74) is -0.640. The zero-order chi connectivity index (χ0) is 10.7. The Kier molecular flexibility index (Phi) is 2.98. The van der Waals surface area contributed by atoms with E-state index in [0.717, 1.165) is 13.1 Å². The van der Waals surface area contributed by atoms with Crippen molar-refractivity contribution < 1.29 is 4.74 Å². The second-order valence-electron chi connectivity index (χ2n) is 3.42. The molecule has 1 N–H and O–H groups in total. The van der Waals surface area contributed by atoms with Gasteiger partial charge in [-0.1, -0.05) is 0 Å². The third kappa shape index (κ3) is 2.34. The molecular formula is C9H13N3O3. The highest BCUT2D eigenvalue weighted by atomic mass is 16.5. The molecule has 0 spiro atoms. The highest BCUT2D eigenvalue weighted by Gasteiger charge is 2.12. The number of hydrogen-bond acceptors (Lipinski definition) is 4. The molecule has 6 nitrogen and oxygen atoms in total. The predicted molar refractivity (Wildman–Crippen MR) is 53.7 cm³/mol. The molecule has 2 heterocycles. The van der Waals surface area contributed by atoms with Gasteiger partial charge in [-0.25, -0.2) is 9.36 Å². The monoisotopic (exact) mass is 211 g/mol. The van der Waals surface area contributed by atoms with Gasteiger partial charge in [-0.3, -0.25) is 9.69 Å². The normalized spacial score (nSPS) is 17.9. The molecule has 1 aliphatic heterocycles. The van der Waals surface area contributed by atoms with Crippen LogP contribution in [0.25, 0.3) is 0 Å². The molecule has 0 bridgehead atoms. The van der Waals surface area contributed by atoms with Gasteiger partial charge in [0.15, 0.2) is 0 Å². The van der Waals surface area contributed by atoms with Crippen molar-refractivity contribution in [2.75, 3.05) is 26.3 Å². The number of hydrogen-bond donors (Lipinski definition) is 1. The number of nitrogens with zero attached hydrogens (tertiary/aromatic N) is 2. The lowest BCUT2D eigenvalue weighted by Crippen LogP contribution is -2.44. The molecule has 15 heavy (non-hydrogen) atoms. The fourth-order valence-corrected chi connectivity index (χ4v) is 1.53. The molecule has 1 aromatic rings. The van der Waals surface area contributed by atoms with Crippen LogP contribution in [0, 0.1) is 0 Å². The first kappa shape index (κ1) is 10.1. The smallest absolute Gasteiger partial charge is 0.329 e.